The van der Waals surface area contributed by atoms with E-state index in [-0.39, 0.29) is 6.61 Å². The maximum Gasteiger partial charge on any atom is 0.180 e. The van der Waals surface area contributed by atoms with Crippen LogP contribution >= 0.6 is 34.8 Å². The van der Waals surface area contributed by atoms with Crippen LogP contribution in [-0.4, -0.2) is 25.9 Å². The number of nitrogens with one attached hydrogen (secondary N) is 1. The van der Waals surface area contributed by atoms with Crippen LogP contribution in [0.5, 0.6) is 11.5 Å². The molecule has 4 nitrogen and oxygen atoms in total. The summed E-state index contributed by atoms with van der Waals surface area (Å²) < 4.78 is 17.3. The molecule has 1 N–H and O–H groups in total. The summed E-state index contributed by atoms with van der Waals surface area (Å²) in [6, 6.07) is 9.15. The molecule has 0 unspecified atom stereocenters. The highest BCUT2D eigenvalue weighted by Crippen LogP contribution is 2.37. The topological polar surface area (TPSA) is 39.7 Å². The Balaban J connectivity index is 1.67. The van der Waals surface area contributed by atoms with Crippen LogP contribution in [0, 0.1) is 0 Å². The highest BCUT2D eigenvalue weighted by molar-refractivity contribution is 6.35. The summed E-state index contributed by atoms with van der Waals surface area (Å²) in [6.45, 7) is 5.08. The Morgan fingerprint density at radius 3 is 2.68 bits per heavy atom. The van der Waals surface area contributed by atoms with Crippen LogP contribution in [0.1, 0.15) is 30.9 Å². The molecule has 152 valence electrons. The van der Waals surface area contributed by atoms with Crippen molar-refractivity contribution in [2.24, 2.45) is 0 Å². The van der Waals surface area contributed by atoms with Crippen molar-refractivity contribution < 1.29 is 14.2 Å². The van der Waals surface area contributed by atoms with Gasteiger partial charge < -0.3 is 19.5 Å². The maximum atomic E-state index is 6.50. The van der Waals surface area contributed by atoms with Gasteiger partial charge in [-0.1, -0.05) is 40.9 Å². The molecule has 2 aromatic carbocycles. The predicted molar refractivity (Wildman–Crippen MR) is 114 cm³/mol. The molecule has 2 aromatic rings. The first-order chi connectivity index (χ1) is 13.6. The van der Waals surface area contributed by atoms with Gasteiger partial charge in [0.15, 0.2) is 11.5 Å². The van der Waals surface area contributed by atoms with Crippen molar-refractivity contribution in [2.75, 3.05) is 19.8 Å². The number of rotatable bonds is 9. The average Bonchev–Trinajstić information content (AvgIpc) is 3.16. The summed E-state index contributed by atoms with van der Waals surface area (Å²) in [6.07, 6.45) is 2.54. The Hall–Kier alpha value is -1.17. The lowest BCUT2D eigenvalue weighted by atomic mass is 10.2. The smallest absolute Gasteiger partial charge is 0.180 e. The first kappa shape index (κ1) is 21.5. The van der Waals surface area contributed by atoms with Crippen LogP contribution in [0.4, 0.5) is 0 Å². The minimum atomic E-state index is 0.270. The fourth-order valence-electron chi connectivity index (χ4n) is 3.10. The molecular weight excluding hydrogens is 421 g/mol. The molecule has 0 saturated carbocycles. The first-order valence-electron chi connectivity index (χ1n) is 9.41. The first-order valence-corrected chi connectivity index (χ1v) is 10.5. The highest BCUT2D eigenvalue weighted by atomic mass is 35.5. The number of halogens is 3. The van der Waals surface area contributed by atoms with Crippen LogP contribution in [-0.2, 0) is 17.9 Å². The van der Waals surface area contributed by atoms with Gasteiger partial charge >= 0.3 is 0 Å². The molecule has 0 radical (unpaired) electrons. The van der Waals surface area contributed by atoms with Gasteiger partial charge in [0.25, 0.3) is 0 Å². The van der Waals surface area contributed by atoms with Crippen molar-refractivity contribution in [3.8, 4) is 11.5 Å². The molecule has 7 heteroatoms. The molecule has 3 rings (SSSR count). The summed E-state index contributed by atoms with van der Waals surface area (Å²) in [4.78, 5) is 0. The van der Waals surface area contributed by atoms with Gasteiger partial charge in [0.05, 0.1) is 17.7 Å². The second kappa shape index (κ2) is 10.6. The SMILES string of the molecule is CCOc1cc(CNC[C@H]2CCCO2)cc(Cl)c1OCc1ccc(Cl)cc1Cl. The van der Waals surface area contributed by atoms with Crippen molar-refractivity contribution >= 4 is 34.8 Å². The fraction of sp³-hybridized carbons (Fsp3) is 0.429. The van der Waals surface area contributed by atoms with Crippen LogP contribution in [0.3, 0.4) is 0 Å². The molecule has 1 aliphatic heterocycles. The van der Waals surface area contributed by atoms with Gasteiger partial charge in [-0.3, -0.25) is 0 Å². The minimum Gasteiger partial charge on any atom is -0.490 e. The summed E-state index contributed by atoms with van der Waals surface area (Å²) in [5, 5.41) is 5.06. The molecule has 1 heterocycles. The predicted octanol–water partition coefficient (Wildman–Crippen LogP) is 5.89. The Morgan fingerprint density at radius 1 is 1.11 bits per heavy atom. The Bertz CT molecular complexity index is 795. The van der Waals surface area contributed by atoms with E-state index in [4.69, 9.17) is 49.0 Å². The Morgan fingerprint density at radius 2 is 1.96 bits per heavy atom. The normalized spacial score (nSPS) is 16.4. The molecule has 28 heavy (non-hydrogen) atoms. The number of ether oxygens (including phenoxy) is 3. The summed E-state index contributed by atoms with van der Waals surface area (Å²) in [5.74, 6) is 1.13. The van der Waals surface area contributed by atoms with E-state index in [9.17, 15) is 0 Å². The van der Waals surface area contributed by atoms with Gasteiger partial charge in [-0.2, -0.15) is 0 Å². The zero-order chi connectivity index (χ0) is 19.9. The third kappa shape index (κ3) is 5.91. The molecule has 1 atom stereocenters. The largest absolute Gasteiger partial charge is 0.490 e. The van der Waals surface area contributed by atoms with Crippen LogP contribution in [0.2, 0.25) is 15.1 Å². The van der Waals surface area contributed by atoms with Crippen molar-refractivity contribution in [3.05, 3.63) is 56.5 Å². The van der Waals surface area contributed by atoms with Crippen molar-refractivity contribution in [1.29, 1.82) is 0 Å². The molecular formula is C21H24Cl3NO3. The molecule has 0 spiro atoms. The van der Waals surface area contributed by atoms with E-state index in [1.54, 1.807) is 12.1 Å². The van der Waals surface area contributed by atoms with Gasteiger partial charge in [0, 0.05) is 35.3 Å². The quantitative estimate of drug-likeness (QED) is 0.523. The zero-order valence-electron chi connectivity index (χ0n) is 15.8. The fourth-order valence-corrected chi connectivity index (χ4v) is 3.85. The Kier molecular flexibility index (Phi) is 8.12. The molecule has 1 saturated heterocycles. The van der Waals surface area contributed by atoms with E-state index >= 15 is 0 Å². The van der Waals surface area contributed by atoms with Gasteiger partial charge in [0.1, 0.15) is 6.61 Å². The standard InChI is InChI=1S/C21H24Cl3NO3/c1-2-26-20-9-14(11-25-12-17-4-3-7-27-17)8-19(24)21(20)28-13-15-5-6-16(22)10-18(15)23/h5-6,8-10,17,25H,2-4,7,11-13H2,1H3/t17-/m1/s1. The number of hydrogen-bond donors (Lipinski definition) is 1. The summed E-state index contributed by atoms with van der Waals surface area (Å²) >= 11 is 18.7. The maximum absolute atomic E-state index is 6.50. The molecule has 1 fully saturated rings. The summed E-state index contributed by atoms with van der Waals surface area (Å²) in [5.41, 5.74) is 1.86. The number of hydrogen-bond acceptors (Lipinski definition) is 4. The van der Waals surface area contributed by atoms with E-state index in [1.807, 2.05) is 25.1 Å². The van der Waals surface area contributed by atoms with Crippen molar-refractivity contribution in [1.82, 2.24) is 5.32 Å². The molecule has 0 amide bonds. The van der Waals surface area contributed by atoms with E-state index in [0.29, 0.717) is 45.8 Å². The second-order valence-electron chi connectivity index (χ2n) is 6.63. The molecule has 1 aliphatic rings. The Labute approximate surface area is 181 Å². The van der Waals surface area contributed by atoms with E-state index in [0.717, 1.165) is 37.1 Å². The van der Waals surface area contributed by atoms with Crippen LogP contribution < -0.4 is 14.8 Å². The van der Waals surface area contributed by atoms with Gasteiger partial charge in [-0.05, 0) is 49.6 Å². The third-order valence-electron chi connectivity index (χ3n) is 4.48. The van der Waals surface area contributed by atoms with Crippen LogP contribution in [0.25, 0.3) is 0 Å². The van der Waals surface area contributed by atoms with Crippen molar-refractivity contribution in [3.63, 3.8) is 0 Å². The molecule has 0 aliphatic carbocycles. The van der Waals surface area contributed by atoms with Crippen molar-refractivity contribution in [2.45, 2.75) is 39.0 Å². The lowest BCUT2D eigenvalue weighted by molar-refractivity contribution is 0.110. The van der Waals surface area contributed by atoms with E-state index < -0.39 is 0 Å². The van der Waals surface area contributed by atoms with Gasteiger partial charge in [0.2, 0.25) is 0 Å². The monoisotopic (exact) mass is 443 g/mol. The zero-order valence-corrected chi connectivity index (χ0v) is 18.0. The average molecular weight is 445 g/mol. The van der Waals surface area contributed by atoms with E-state index in [2.05, 4.69) is 5.32 Å². The third-order valence-corrected chi connectivity index (χ3v) is 5.35. The van der Waals surface area contributed by atoms with Gasteiger partial charge in [-0.15, -0.1) is 0 Å². The minimum absolute atomic E-state index is 0.270. The van der Waals surface area contributed by atoms with E-state index in [1.165, 1.54) is 0 Å². The lowest BCUT2D eigenvalue weighted by Gasteiger charge is -2.17. The lowest BCUT2D eigenvalue weighted by Crippen LogP contribution is -2.25. The molecule has 0 aromatic heterocycles. The summed E-state index contributed by atoms with van der Waals surface area (Å²) in [7, 11) is 0. The highest BCUT2D eigenvalue weighted by Gasteiger charge is 2.16. The number of benzene rings is 2. The second-order valence-corrected chi connectivity index (χ2v) is 7.88. The molecule has 0 bridgehead atoms. The van der Waals surface area contributed by atoms with Gasteiger partial charge in [-0.25, -0.2) is 0 Å². The van der Waals surface area contributed by atoms with Crippen LogP contribution in [0.15, 0.2) is 30.3 Å².